The Kier molecular flexibility index (Phi) is 7.65. The molecule has 4 heterocycles. The average molecular weight is 535 g/mol. The highest BCUT2D eigenvalue weighted by molar-refractivity contribution is 5.81. The molecule has 6 rings (SSSR count). The maximum Gasteiger partial charge on any atom is 0.251 e. The number of hydrogen-bond donors (Lipinski definition) is 2. The van der Waals surface area contributed by atoms with Crippen LogP contribution in [0.3, 0.4) is 0 Å². The molecule has 0 aliphatic carbocycles. The van der Waals surface area contributed by atoms with Gasteiger partial charge in [0.2, 0.25) is 0 Å². The minimum Gasteiger partial charge on any atom is -0.378 e. The number of amides is 1. The van der Waals surface area contributed by atoms with Crippen LogP contribution in [0.2, 0.25) is 0 Å². The lowest BCUT2D eigenvalue weighted by molar-refractivity contribution is -0.132. The number of rotatable bonds is 6. The summed E-state index contributed by atoms with van der Waals surface area (Å²) in [5.41, 5.74) is 4.26. The molecule has 2 aromatic carbocycles. The molecule has 2 atom stereocenters. The number of ether oxygens (including phenoxy) is 3. The molecule has 39 heavy (non-hydrogen) atoms. The third kappa shape index (κ3) is 5.45. The lowest BCUT2D eigenvalue weighted by Crippen LogP contribution is -2.54. The van der Waals surface area contributed by atoms with Crippen molar-refractivity contribution in [1.29, 1.82) is 5.26 Å². The van der Waals surface area contributed by atoms with Crippen molar-refractivity contribution in [3.8, 4) is 17.2 Å². The third-order valence-electron chi connectivity index (χ3n) is 8.57. The monoisotopic (exact) mass is 534 g/mol. The molecule has 206 valence electrons. The molecular formula is C30H35FN4O4. The minimum atomic E-state index is -0.848. The molecule has 8 nitrogen and oxygen atoms in total. The molecule has 4 aliphatic heterocycles. The number of hydrogen-bond acceptors (Lipinski definition) is 7. The van der Waals surface area contributed by atoms with Crippen LogP contribution >= 0.6 is 0 Å². The summed E-state index contributed by atoms with van der Waals surface area (Å²) in [6, 6.07) is 13.2. The number of nitrogens with zero attached hydrogens (tertiary/aromatic N) is 2. The van der Waals surface area contributed by atoms with Crippen LogP contribution in [-0.2, 0) is 37.6 Å². The zero-order chi connectivity index (χ0) is 26.8. The maximum atomic E-state index is 15.3. The summed E-state index contributed by atoms with van der Waals surface area (Å²) in [6.07, 6.45) is 2.14. The molecule has 2 aromatic rings. The Morgan fingerprint density at radius 1 is 1.21 bits per heavy atom. The van der Waals surface area contributed by atoms with Crippen LogP contribution in [0, 0.1) is 17.1 Å². The quantitative estimate of drug-likeness (QED) is 0.588. The van der Waals surface area contributed by atoms with Crippen molar-refractivity contribution in [1.82, 2.24) is 15.5 Å². The summed E-state index contributed by atoms with van der Waals surface area (Å²) in [5.74, 6) is -0.744. The van der Waals surface area contributed by atoms with Crippen molar-refractivity contribution >= 4 is 5.91 Å². The number of halogens is 1. The Morgan fingerprint density at radius 3 is 2.74 bits per heavy atom. The van der Waals surface area contributed by atoms with E-state index >= 15 is 4.39 Å². The molecule has 1 amide bonds. The van der Waals surface area contributed by atoms with Gasteiger partial charge in [-0.25, -0.2) is 4.39 Å². The van der Waals surface area contributed by atoms with Crippen molar-refractivity contribution < 1.29 is 23.4 Å². The maximum absolute atomic E-state index is 15.3. The average Bonchev–Trinajstić information content (AvgIpc) is 3.08. The van der Waals surface area contributed by atoms with Crippen LogP contribution in [-0.4, -0.2) is 75.0 Å². The molecule has 3 fully saturated rings. The van der Waals surface area contributed by atoms with Crippen molar-refractivity contribution in [2.24, 2.45) is 0 Å². The number of carbonyl (C=O) groups excluding carboxylic acids is 1. The van der Waals surface area contributed by atoms with Gasteiger partial charge in [-0.15, -0.1) is 0 Å². The van der Waals surface area contributed by atoms with E-state index in [1.807, 2.05) is 12.1 Å². The van der Waals surface area contributed by atoms with Gasteiger partial charge in [0, 0.05) is 32.7 Å². The van der Waals surface area contributed by atoms with Crippen LogP contribution in [0.4, 0.5) is 4.39 Å². The summed E-state index contributed by atoms with van der Waals surface area (Å²) >= 11 is 0. The molecule has 3 saturated heterocycles. The topological polar surface area (TPSA) is 95.9 Å². The summed E-state index contributed by atoms with van der Waals surface area (Å²) in [5, 5.41) is 15.5. The number of nitrogens with one attached hydrogen (secondary N) is 2. The van der Waals surface area contributed by atoms with Crippen molar-refractivity contribution in [3.63, 3.8) is 0 Å². The van der Waals surface area contributed by atoms with E-state index < -0.39 is 18.0 Å². The summed E-state index contributed by atoms with van der Waals surface area (Å²) in [6.45, 7) is 5.90. The first-order valence-electron chi connectivity index (χ1n) is 13.9. The fraction of sp³-hybridized carbons (Fsp3) is 0.533. The van der Waals surface area contributed by atoms with Crippen molar-refractivity contribution in [3.05, 3.63) is 58.9 Å². The Hall–Kier alpha value is -2.87. The number of likely N-dealkylation sites (tertiary alicyclic amines) is 1. The van der Waals surface area contributed by atoms with Crippen LogP contribution in [0.1, 0.15) is 36.0 Å². The largest absolute Gasteiger partial charge is 0.378 e. The lowest BCUT2D eigenvalue weighted by Gasteiger charge is -2.45. The number of benzene rings is 2. The fourth-order valence-electron chi connectivity index (χ4n) is 6.09. The van der Waals surface area contributed by atoms with Gasteiger partial charge in [-0.2, -0.15) is 5.26 Å². The van der Waals surface area contributed by atoms with Crippen LogP contribution in [0.5, 0.6) is 0 Å². The first-order chi connectivity index (χ1) is 19.0. The first kappa shape index (κ1) is 26.4. The van der Waals surface area contributed by atoms with Gasteiger partial charge in [-0.05, 0) is 65.8 Å². The molecule has 9 heteroatoms. The standard InChI is InChI=1S/C30H35FN4O4/c31-27-14-21(2-4-22(27)12-24(15-32)34-29(36)28-16-33-8-1-11-38-28)20-3-5-23-17-39-30(26(23)13-20)6-9-35(10-7-30)25-18-37-19-25/h2-5,13-14,24-25,28,33H,1,6-12,16-19H2,(H,34,36)/t24-,28-/m0/s1. The van der Waals surface area contributed by atoms with Gasteiger partial charge in [0.1, 0.15) is 18.0 Å². The van der Waals surface area contributed by atoms with Gasteiger partial charge in [-0.1, -0.05) is 24.3 Å². The predicted molar refractivity (Wildman–Crippen MR) is 142 cm³/mol. The van der Waals surface area contributed by atoms with E-state index in [4.69, 9.17) is 14.2 Å². The van der Waals surface area contributed by atoms with Gasteiger partial charge >= 0.3 is 0 Å². The van der Waals surface area contributed by atoms with E-state index in [1.165, 1.54) is 17.2 Å². The van der Waals surface area contributed by atoms with Crippen LogP contribution < -0.4 is 10.6 Å². The molecule has 0 unspecified atom stereocenters. The number of carbonyl (C=O) groups is 1. The second-order valence-corrected chi connectivity index (χ2v) is 11.0. The highest BCUT2D eigenvalue weighted by atomic mass is 19.1. The SMILES string of the molecule is N#C[C@H](Cc1ccc(-c2ccc3c(c2)C2(CCN(C4COC4)CC2)OC3)cc1F)NC(=O)[C@@H]1CNCCCO1. The fourth-order valence-corrected chi connectivity index (χ4v) is 6.09. The molecule has 0 saturated carbocycles. The van der Waals surface area contributed by atoms with E-state index in [2.05, 4.69) is 33.7 Å². The third-order valence-corrected chi connectivity index (χ3v) is 8.57. The Balaban J connectivity index is 1.14. The van der Waals surface area contributed by atoms with E-state index in [1.54, 1.807) is 6.07 Å². The minimum absolute atomic E-state index is 0.0815. The Bertz CT molecular complexity index is 1240. The van der Waals surface area contributed by atoms with Gasteiger partial charge < -0.3 is 24.8 Å². The van der Waals surface area contributed by atoms with Gasteiger partial charge in [0.25, 0.3) is 5.91 Å². The van der Waals surface area contributed by atoms with E-state index in [0.29, 0.717) is 31.4 Å². The van der Waals surface area contributed by atoms with Gasteiger partial charge in [0.05, 0.1) is 37.5 Å². The highest BCUT2D eigenvalue weighted by Gasteiger charge is 2.44. The number of fused-ring (bicyclic) bond motifs is 2. The lowest BCUT2D eigenvalue weighted by atomic mass is 9.82. The molecule has 0 aromatic heterocycles. The normalized spacial score (nSPS) is 23.8. The summed E-state index contributed by atoms with van der Waals surface area (Å²) in [7, 11) is 0. The summed E-state index contributed by atoms with van der Waals surface area (Å²) < 4.78 is 32.6. The Labute approximate surface area is 228 Å². The van der Waals surface area contributed by atoms with E-state index in [9.17, 15) is 10.1 Å². The Morgan fingerprint density at radius 2 is 2.00 bits per heavy atom. The smallest absolute Gasteiger partial charge is 0.251 e. The first-order valence-corrected chi connectivity index (χ1v) is 13.9. The molecule has 0 radical (unpaired) electrons. The van der Waals surface area contributed by atoms with E-state index in [0.717, 1.165) is 63.2 Å². The number of nitriles is 1. The second kappa shape index (κ2) is 11.3. The molecule has 2 N–H and O–H groups in total. The molecule has 0 bridgehead atoms. The number of piperidine rings is 1. The zero-order valence-electron chi connectivity index (χ0n) is 22.1. The molecule has 1 spiro atoms. The zero-order valence-corrected chi connectivity index (χ0v) is 22.1. The van der Waals surface area contributed by atoms with Crippen molar-refractivity contribution in [2.75, 3.05) is 46.0 Å². The molecular weight excluding hydrogens is 499 g/mol. The highest BCUT2D eigenvalue weighted by Crippen LogP contribution is 2.46. The predicted octanol–water partition coefficient (Wildman–Crippen LogP) is 2.64. The van der Waals surface area contributed by atoms with E-state index in [-0.39, 0.29) is 17.9 Å². The summed E-state index contributed by atoms with van der Waals surface area (Å²) in [4.78, 5) is 15.1. The van der Waals surface area contributed by atoms with Crippen LogP contribution in [0.15, 0.2) is 36.4 Å². The van der Waals surface area contributed by atoms with Gasteiger partial charge in [-0.3, -0.25) is 9.69 Å². The molecule has 4 aliphatic rings. The second-order valence-electron chi connectivity index (χ2n) is 11.0. The van der Waals surface area contributed by atoms with Crippen molar-refractivity contribution in [2.45, 2.75) is 56.1 Å². The van der Waals surface area contributed by atoms with Crippen LogP contribution in [0.25, 0.3) is 11.1 Å². The van der Waals surface area contributed by atoms with Gasteiger partial charge in [0.15, 0.2) is 0 Å².